The first kappa shape index (κ1) is 11.9. The van der Waals surface area contributed by atoms with Gasteiger partial charge in [-0.2, -0.15) is 0 Å². The minimum absolute atomic E-state index is 0.107. The highest BCUT2D eigenvalue weighted by atomic mass is 35.5. The highest BCUT2D eigenvalue weighted by Crippen LogP contribution is 2.27. The molecule has 3 aromatic rings. The van der Waals surface area contributed by atoms with Crippen LogP contribution in [0.5, 0.6) is 0 Å². The lowest BCUT2D eigenvalue weighted by molar-refractivity contribution is 0.101. The zero-order chi connectivity index (χ0) is 13.4. The average Bonchev–Trinajstić information content (AvgIpc) is 2.83. The fourth-order valence-electron chi connectivity index (χ4n) is 1.82. The van der Waals surface area contributed by atoms with Crippen molar-refractivity contribution in [2.75, 3.05) is 0 Å². The second kappa shape index (κ2) is 4.48. The number of pyridine rings is 1. The highest BCUT2D eigenvalue weighted by molar-refractivity contribution is 6.35. The van der Waals surface area contributed by atoms with Crippen LogP contribution < -0.4 is 0 Å². The van der Waals surface area contributed by atoms with Gasteiger partial charge in [-0.25, -0.2) is 4.39 Å². The van der Waals surface area contributed by atoms with Crippen molar-refractivity contribution in [1.82, 2.24) is 4.98 Å². The van der Waals surface area contributed by atoms with Crippen molar-refractivity contribution in [3.8, 4) is 0 Å². The Morgan fingerprint density at radius 1 is 1.26 bits per heavy atom. The van der Waals surface area contributed by atoms with Crippen molar-refractivity contribution in [2.24, 2.45) is 0 Å². The largest absolute Gasteiger partial charge is 0.453 e. The molecule has 2 aromatic heterocycles. The Morgan fingerprint density at radius 2 is 2.11 bits per heavy atom. The summed E-state index contributed by atoms with van der Waals surface area (Å²) in [5.41, 5.74) is 0.649. The normalized spacial score (nSPS) is 10.8. The van der Waals surface area contributed by atoms with E-state index in [0.29, 0.717) is 16.0 Å². The molecule has 0 saturated heterocycles. The quantitative estimate of drug-likeness (QED) is 0.667. The molecule has 0 bridgehead atoms. The van der Waals surface area contributed by atoms with Gasteiger partial charge in [0.05, 0.1) is 11.2 Å². The van der Waals surface area contributed by atoms with Crippen LogP contribution in [0, 0.1) is 5.82 Å². The van der Waals surface area contributed by atoms with Gasteiger partial charge in [0.1, 0.15) is 11.4 Å². The van der Waals surface area contributed by atoms with Crippen LogP contribution in [0.1, 0.15) is 16.1 Å². The molecular weight excluding hydrogens is 269 g/mol. The zero-order valence-corrected chi connectivity index (χ0v) is 10.3. The number of benzene rings is 1. The van der Waals surface area contributed by atoms with Crippen LogP contribution in [0.15, 0.2) is 47.1 Å². The van der Waals surface area contributed by atoms with Gasteiger partial charge in [-0.15, -0.1) is 0 Å². The van der Waals surface area contributed by atoms with Crippen LogP contribution in [0.2, 0.25) is 5.02 Å². The van der Waals surface area contributed by atoms with Gasteiger partial charge in [0.25, 0.3) is 0 Å². The summed E-state index contributed by atoms with van der Waals surface area (Å²) in [6.07, 6.45) is 2.33. The fourth-order valence-corrected chi connectivity index (χ4v) is 2.04. The number of halogens is 2. The molecule has 0 N–H and O–H groups in total. The molecule has 0 aliphatic heterocycles. The number of carbonyl (C=O) groups excluding carboxylic acids is 1. The van der Waals surface area contributed by atoms with Gasteiger partial charge in [0.2, 0.25) is 5.78 Å². The van der Waals surface area contributed by atoms with Crippen molar-refractivity contribution in [1.29, 1.82) is 0 Å². The average molecular weight is 276 g/mol. The topological polar surface area (TPSA) is 43.1 Å². The van der Waals surface area contributed by atoms with Gasteiger partial charge < -0.3 is 4.42 Å². The Bertz CT molecular complexity index is 782. The summed E-state index contributed by atoms with van der Waals surface area (Å²) in [7, 11) is 0. The number of aromatic nitrogens is 1. The molecular formula is C14H7ClFNO2. The predicted octanol–water partition coefficient (Wildman–Crippen LogP) is 3.85. The zero-order valence-electron chi connectivity index (χ0n) is 9.56. The lowest BCUT2D eigenvalue weighted by Gasteiger charge is -1.96. The number of hydrogen-bond acceptors (Lipinski definition) is 3. The second-order valence-corrected chi connectivity index (χ2v) is 4.39. The van der Waals surface area contributed by atoms with Crippen molar-refractivity contribution >= 4 is 28.4 Å². The van der Waals surface area contributed by atoms with Gasteiger partial charge in [-0.05, 0) is 24.3 Å². The Hall–Kier alpha value is -2.20. The van der Waals surface area contributed by atoms with Crippen LogP contribution >= 0.6 is 11.6 Å². The standard InChI is InChI=1S/C14H7ClFNO2/c15-11-2-1-3-12-10(11)5-13(19-12)14(18)8-4-9(16)7-17-6-8/h1-7H. The monoisotopic (exact) mass is 275 g/mol. The Balaban J connectivity index is 2.09. The van der Waals surface area contributed by atoms with Gasteiger partial charge >= 0.3 is 0 Å². The molecule has 19 heavy (non-hydrogen) atoms. The van der Waals surface area contributed by atoms with E-state index in [4.69, 9.17) is 16.0 Å². The van der Waals surface area contributed by atoms with Gasteiger partial charge in [-0.1, -0.05) is 17.7 Å². The number of fused-ring (bicyclic) bond motifs is 1. The molecule has 0 atom stereocenters. The molecule has 0 saturated carbocycles. The molecule has 0 spiro atoms. The Kier molecular flexibility index (Phi) is 2.80. The lowest BCUT2D eigenvalue weighted by Crippen LogP contribution is -2.00. The van der Waals surface area contributed by atoms with Crippen LogP contribution in [0.4, 0.5) is 4.39 Å². The second-order valence-electron chi connectivity index (χ2n) is 3.98. The summed E-state index contributed by atoms with van der Waals surface area (Å²) < 4.78 is 18.5. The van der Waals surface area contributed by atoms with E-state index in [1.54, 1.807) is 24.3 Å². The predicted molar refractivity (Wildman–Crippen MR) is 68.9 cm³/mol. The molecule has 5 heteroatoms. The number of carbonyl (C=O) groups is 1. The first-order valence-electron chi connectivity index (χ1n) is 5.48. The molecule has 3 rings (SSSR count). The van der Waals surface area contributed by atoms with Crippen molar-refractivity contribution in [3.63, 3.8) is 0 Å². The summed E-state index contributed by atoms with van der Waals surface area (Å²) >= 11 is 6.00. The van der Waals surface area contributed by atoms with E-state index in [0.717, 1.165) is 12.3 Å². The molecule has 1 aromatic carbocycles. The van der Waals surface area contributed by atoms with E-state index in [-0.39, 0.29) is 11.3 Å². The van der Waals surface area contributed by atoms with Crippen molar-refractivity contribution < 1.29 is 13.6 Å². The third-order valence-electron chi connectivity index (χ3n) is 2.70. The van der Waals surface area contributed by atoms with E-state index >= 15 is 0 Å². The Labute approximate surface area is 112 Å². The van der Waals surface area contributed by atoms with Crippen LogP contribution in [0.3, 0.4) is 0 Å². The van der Waals surface area contributed by atoms with Crippen LogP contribution in [-0.2, 0) is 0 Å². The fraction of sp³-hybridized carbons (Fsp3) is 0. The molecule has 0 unspecified atom stereocenters. The first-order valence-corrected chi connectivity index (χ1v) is 5.86. The maximum absolute atomic E-state index is 13.0. The summed E-state index contributed by atoms with van der Waals surface area (Å²) in [5, 5.41) is 1.15. The molecule has 3 nitrogen and oxygen atoms in total. The minimum Gasteiger partial charge on any atom is -0.453 e. The van der Waals surface area contributed by atoms with E-state index < -0.39 is 11.6 Å². The summed E-state index contributed by atoms with van der Waals surface area (Å²) in [5.74, 6) is -0.894. The number of nitrogens with zero attached hydrogens (tertiary/aromatic N) is 1. The molecule has 0 aliphatic carbocycles. The maximum Gasteiger partial charge on any atom is 0.229 e. The lowest BCUT2D eigenvalue weighted by atomic mass is 10.1. The summed E-state index contributed by atoms with van der Waals surface area (Å²) in [4.78, 5) is 15.8. The van der Waals surface area contributed by atoms with Gasteiger partial charge in [0.15, 0.2) is 5.76 Å². The molecule has 94 valence electrons. The number of ketones is 1. The molecule has 0 aliphatic rings. The summed E-state index contributed by atoms with van der Waals surface area (Å²) in [6.45, 7) is 0. The SMILES string of the molecule is O=C(c1cncc(F)c1)c1cc2c(Cl)cccc2o1. The smallest absolute Gasteiger partial charge is 0.229 e. The number of hydrogen-bond donors (Lipinski definition) is 0. The van der Waals surface area contributed by atoms with E-state index in [1.807, 2.05) is 0 Å². The third-order valence-corrected chi connectivity index (χ3v) is 3.03. The summed E-state index contributed by atoms with van der Waals surface area (Å²) in [6, 6.07) is 7.81. The van der Waals surface area contributed by atoms with Crippen LogP contribution in [0.25, 0.3) is 11.0 Å². The van der Waals surface area contributed by atoms with Gasteiger partial charge in [0, 0.05) is 17.1 Å². The maximum atomic E-state index is 13.0. The minimum atomic E-state index is -0.569. The first-order chi connectivity index (χ1) is 9.15. The number of rotatable bonds is 2. The van der Waals surface area contributed by atoms with Crippen LogP contribution in [-0.4, -0.2) is 10.8 Å². The Morgan fingerprint density at radius 3 is 2.84 bits per heavy atom. The third kappa shape index (κ3) is 2.11. The van der Waals surface area contributed by atoms with E-state index in [9.17, 15) is 9.18 Å². The molecule has 2 heterocycles. The van der Waals surface area contributed by atoms with E-state index in [1.165, 1.54) is 6.20 Å². The van der Waals surface area contributed by atoms with Crippen molar-refractivity contribution in [3.05, 3.63) is 64.9 Å². The van der Waals surface area contributed by atoms with E-state index in [2.05, 4.69) is 4.98 Å². The van der Waals surface area contributed by atoms with Crippen molar-refractivity contribution in [2.45, 2.75) is 0 Å². The van der Waals surface area contributed by atoms with Gasteiger partial charge in [-0.3, -0.25) is 9.78 Å². The molecule has 0 amide bonds. The number of furan rings is 1. The molecule has 0 fully saturated rings. The highest BCUT2D eigenvalue weighted by Gasteiger charge is 2.16. The molecule has 0 radical (unpaired) electrons.